The van der Waals surface area contributed by atoms with E-state index >= 15 is 0 Å². The Morgan fingerprint density at radius 1 is 1.08 bits per heavy atom. The van der Waals surface area contributed by atoms with Crippen molar-refractivity contribution < 1.29 is 4.74 Å². The first-order chi connectivity index (χ1) is 12.7. The molecule has 3 rings (SSSR count). The molecule has 138 valence electrons. The van der Waals surface area contributed by atoms with E-state index in [0.717, 1.165) is 58.9 Å². The van der Waals surface area contributed by atoms with Crippen LogP contribution in [0, 0.1) is 6.92 Å². The van der Waals surface area contributed by atoms with Gasteiger partial charge in [-0.2, -0.15) is 0 Å². The first-order valence-electron chi connectivity index (χ1n) is 9.54. The number of methoxy groups -OCH3 is 1. The predicted molar refractivity (Wildman–Crippen MR) is 106 cm³/mol. The number of aryl methyl sites for hydroxylation is 3. The van der Waals surface area contributed by atoms with Gasteiger partial charge in [-0.25, -0.2) is 15.0 Å². The van der Waals surface area contributed by atoms with E-state index in [1.807, 2.05) is 12.1 Å². The second-order valence-corrected chi connectivity index (χ2v) is 6.67. The molecular weight excluding hydrogens is 324 g/mol. The van der Waals surface area contributed by atoms with Gasteiger partial charge in [0.1, 0.15) is 29.1 Å². The van der Waals surface area contributed by atoms with Gasteiger partial charge in [0.15, 0.2) is 5.65 Å². The molecule has 0 atom stereocenters. The van der Waals surface area contributed by atoms with E-state index in [9.17, 15) is 0 Å². The quantitative estimate of drug-likeness (QED) is 0.538. The molecular formula is C21H28N4O. The van der Waals surface area contributed by atoms with E-state index < -0.39 is 0 Å². The van der Waals surface area contributed by atoms with Crippen LogP contribution in [0.5, 0.6) is 5.75 Å². The van der Waals surface area contributed by atoms with Crippen LogP contribution in [-0.2, 0) is 13.0 Å². The lowest BCUT2D eigenvalue weighted by Crippen LogP contribution is -2.04. The molecule has 0 saturated carbocycles. The van der Waals surface area contributed by atoms with Gasteiger partial charge in [0.2, 0.25) is 0 Å². The average Bonchev–Trinajstić information content (AvgIpc) is 3.03. The Kier molecular flexibility index (Phi) is 5.86. The van der Waals surface area contributed by atoms with Crippen molar-refractivity contribution in [2.75, 3.05) is 7.11 Å². The highest BCUT2D eigenvalue weighted by atomic mass is 16.5. The fourth-order valence-electron chi connectivity index (χ4n) is 3.41. The molecule has 0 fully saturated rings. The van der Waals surface area contributed by atoms with Crippen molar-refractivity contribution in [2.45, 2.75) is 59.4 Å². The van der Waals surface area contributed by atoms with Gasteiger partial charge < -0.3 is 9.30 Å². The van der Waals surface area contributed by atoms with Crippen molar-refractivity contribution in [3.8, 4) is 17.0 Å². The Hall–Kier alpha value is -2.43. The maximum Gasteiger partial charge on any atom is 0.164 e. The third-order valence-corrected chi connectivity index (χ3v) is 4.85. The van der Waals surface area contributed by atoms with Crippen LogP contribution in [0.2, 0.25) is 0 Å². The molecule has 0 N–H and O–H groups in total. The fraction of sp³-hybridized carbons (Fsp3) is 0.476. The van der Waals surface area contributed by atoms with Crippen LogP contribution in [0.3, 0.4) is 0 Å². The molecule has 2 aromatic heterocycles. The number of nitrogens with zero attached hydrogens (tertiary/aromatic N) is 4. The molecule has 1 aromatic carbocycles. The van der Waals surface area contributed by atoms with E-state index in [2.05, 4.69) is 41.4 Å². The molecule has 0 spiro atoms. The molecule has 0 bridgehead atoms. The molecule has 0 aliphatic heterocycles. The summed E-state index contributed by atoms with van der Waals surface area (Å²) in [5.74, 6) is 1.94. The Morgan fingerprint density at radius 3 is 2.62 bits per heavy atom. The van der Waals surface area contributed by atoms with Gasteiger partial charge in [-0.05, 0) is 37.1 Å². The zero-order chi connectivity index (χ0) is 18.5. The number of unbranched alkanes of at least 4 members (excludes halogenated alkanes) is 3. The second-order valence-electron chi connectivity index (χ2n) is 6.67. The lowest BCUT2D eigenvalue weighted by molar-refractivity contribution is 0.414. The van der Waals surface area contributed by atoms with Crippen molar-refractivity contribution >= 4 is 11.2 Å². The Morgan fingerprint density at radius 2 is 1.92 bits per heavy atom. The molecule has 5 heteroatoms. The van der Waals surface area contributed by atoms with E-state index in [1.165, 1.54) is 19.3 Å². The van der Waals surface area contributed by atoms with Crippen molar-refractivity contribution in [1.82, 2.24) is 19.5 Å². The van der Waals surface area contributed by atoms with Gasteiger partial charge in [-0.15, -0.1) is 0 Å². The average molecular weight is 352 g/mol. The van der Waals surface area contributed by atoms with Crippen molar-refractivity contribution in [1.29, 1.82) is 0 Å². The van der Waals surface area contributed by atoms with Crippen LogP contribution in [0.4, 0.5) is 0 Å². The minimum absolute atomic E-state index is 0.854. The van der Waals surface area contributed by atoms with Crippen LogP contribution >= 0.6 is 0 Å². The molecule has 0 saturated heterocycles. The highest BCUT2D eigenvalue weighted by Crippen LogP contribution is 2.30. The predicted octanol–water partition coefficient (Wildman–Crippen LogP) is 4.95. The summed E-state index contributed by atoms with van der Waals surface area (Å²) in [6.07, 6.45) is 7.48. The smallest absolute Gasteiger partial charge is 0.164 e. The normalized spacial score (nSPS) is 11.2. The zero-order valence-corrected chi connectivity index (χ0v) is 16.2. The fourth-order valence-corrected chi connectivity index (χ4v) is 3.41. The first kappa shape index (κ1) is 18.4. The number of fused-ring (bicyclic) bond motifs is 1. The maximum absolute atomic E-state index is 5.33. The maximum atomic E-state index is 5.33. The summed E-state index contributed by atoms with van der Waals surface area (Å²) >= 11 is 0. The van der Waals surface area contributed by atoms with Crippen LogP contribution in [0.1, 0.15) is 50.9 Å². The molecule has 3 aromatic rings. The summed E-state index contributed by atoms with van der Waals surface area (Å²) in [6, 6.07) is 6.06. The topological polar surface area (TPSA) is 52.8 Å². The minimum Gasteiger partial charge on any atom is -0.497 e. The first-order valence-corrected chi connectivity index (χ1v) is 9.54. The highest BCUT2D eigenvalue weighted by molar-refractivity contribution is 5.88. The Labute approximate surface area is 155 Å². The molecule has 2 heterocycles. The number of ether oxygens (including phenoxy) is 1. The molecule has 0 unspecified atom stereocenters. The molecule has 0 aliphatic rings. The highest BCUT2D eigenvalue weighted by Gasteiger charge is 2.17. The third-order valence-electron chi connectivity index (χ3n) is 4.85. The van der Waals surface area contributed by atoms with Gasteiger partial charge in [0, 0.05) is 18.5 Å². The molecule has 0 radical (unpaired) electrons. The Balaban J connectivity index is 2.04. The van der Waals surface area contributed by atoms with Crippen molar-refractivity contribution in [2.24, 2.45) is 0 Å². The van der Waals surface area contributed by atoms with Gasteiger partial charge in [0.25, 0.3) is 0 Å². The standard InChI is InChI=1S/C21H28N4O/c1-5-7-8-9-12-25-18(6-2)24-20-19(22-14-23-21(20)25)17-11-10-16(26-4)13-15(17)3/h10-11,13-14H,5-9,12H2,1-4H3. The monoisotopic (exact) mass is 352 g/mol. The lowest BCUT2D eigenvalue weighted by atomic mass is 10.0. The number of aromatic nitrogens is 4. The summed E-state index contributed by atoms with van der Waals surface area (Å²) in [4.78, 5) is 14.0. The Bertz CT molecular complexity index is 885. The van der Waals surface area contributed by atoms with E-state index in [1.54, 1.807) is 13.4 Å². The summed E-state index contributed by atoms with van der Waals surface area (Å²) < 4.78 is 7.60. The van der Waals surface area contributed by atoms with E-state index in [4.69, 9.17) is 9.72 Å². The molecule has 5 nitrogen and oxygen atoms in total. The molecule has 0 amide bonds. The molecule has 0 aliphatic carbocycles. The summed E-state index contributed by atoms with van der Waals surface area (Å²) in [5.41, 5.74) is 4.94. The number of imidazole rings is 1. The number of hydrogen-bond acceptors (Lipinski definition) is 4. The zero-order valence-electron chi connectivity index (χ0n) is 16.2. The van der Waals surface area contributed by atoms with Crippen molar-refractivity contribution in [3.63, 3.8) is 0 Å². The summed E-state index contributed by atoms with van der Waals surface area (Å²) in [5, 5.41) is 0. The number of rotatable bonds is 8. The number of benzene rings is 1. The van der Waals surface area contributed by atoms with Crippen LogP contribution < -0.4 is 4.74 Å². The SMILES string of the molecule is CCCCCCn1c(CC)nc2c(-c3ccc(OC)cc3C)ncnc21. The van der Waals surface area contributed by atoms with Crippen LogP contribution in [0.15, 0.2) is 24.5 Å². The minimum atomic E-state index is 0.854. The third kappa shape index (κ3) is 3.57. The van der Waals surface area contributed by atoms with E-state index in [0.29, 0.717) is 0 Å². The van der Waals surface area contributed by atoms with Crippen molar-refractivity contribution in [3.05, 3.63) is 35.9 Å². The second kappa shape index (κ2) is 8.30. The van der Waals surface area contributed by atoms with Gasteiger partial charge >= 0.3 is 0 Å². The van der Waals surface area contributed by atoms with Gasteiger partial charge in [-0.1, -0.05) is 33.1 Å². The largest absolute Gasteiger partial charge is 0.497 e. The van der Waals surface area contributed by atoms with Gasteiger partial charge in [0.05, 0.1) is 7.11 Å². The lowest BCUT2D eigenvalue weighted by Gasteiger charge is -2.09. The summed E-state index contributed by atoms with van der Waals surface area (Å²) in [6.45, 7) is 7.43. The van der Waals surface area contributed by atoms with Crippen LogP contribution in [0.25, 0.3) is 22.4 Å². The number of hydrogen-bond donors (Lipinski definition) is 0. The molecule has 26 heavy (non-hydrogen) atoms. The van der Waals surface area contributed by atoms with E-state index in [-0.39, 0.29) is 0 Å². The summed E-state index contributed by atoms with van der Waals surface area (Å²) in [7, 11) is 1.69. The van der Waals surface area contributed by atoms with Gasteiger partial charge in [-0.3, -0.25) is 0 Å². The van der Waals surface area contributed by atoms with Crippen LogP contribution in [-0.4, -0.2) is 26.6 Å².